The van der Waals surface area contributed by atoms with Crippen molar-refractivity contribution in [3.63, 3.8) is 0 Å². The molecule has 0 unspecified atom stereocenters. The standard InChI is InChI=1S/C30H42N4O4/c35-27(34-15-6-7-16-34)22-33-17-11-25-24(21-33)10-4-5-12-30(13-18-38-19-14-30)29(37)32-26(28(36)31-25)20-23-8-2-1-3-9-23/h1-5,8-9,24-26H,6-7,10-22H2,(H,31,36)(H,32,37)/b5-4+/t24-,25+,26-/m1/s1. The van der Waals surface area contributed by atoms with E-state index in [-0.39, 0.29) is 29.7 Å². The molecule has 4 heterocycles. The first-order valence-electron chi connectivity index (χ1n) is 14.4. The zero-order valence-electron chi connectivity index (χ0n) is 22.4. The van der Waals surface area contributed by atoms with E-state index in [1.165, 1.54) is 0 Å². The van der Waals surface area contributed by atoms with Crippen molar-refractivity contribution < 1.29 is 19.1 Å². The molecule has 3 atom stereocenters. The van der Waals surface area contributed by atoms with Crippen LogP contribution >= 0.6 is 0 Å². The number of allylic oxidation sites excluding steroid dienone is 2. The van der Waals surface area contributed by atoms with Gasteiger partial charge in [-0.1, -0.05) is 42.5 Å². The number of benzene rings is 1. The van der Waals surface area contributed by atoms with E-state index in [1.54, 1.807) is 0 Å². The second-order valence-corrected chi connectivity index (χ2v) is 11.5. The van der Waals surface area contributed by atoms with E-state index >= 15 is 0 Å². The average molecular weight is 523 g/mol. The fourth-order valence-corrected chi connectivity index (χ4v) is 6.46. The second kappa shape index (κ2) is 12.4. The third-order valence-electron chi connectivity index (χ3n) is 8.91. The molecule has 1 aromatic carbocycles. The SMILES string of the molecule is O=C1N[C@H]2CCN(CC(=O)N3CCCC3)C[C@H]2C/C=C/CC2(CCOCC2)C(=O)N[C@@H]1Cc1ccccc1. The van der Waals surface area contributed by atoms with E-state index in [9.17, 15) is 14.4 Å². The fourth-order valence-electron chi connectivity index (χ4n) is 6.46. The molecule has 1 aromatic rings. The molecule has 4 aliphatic heterocycles. The van der Waals surface area contributed by atoms with Crippen LogP contribution in [-0.2, 0) is 25.5 Å². The van der Waals surface area contributed by atoms with Crippen LogP contribution in [0, 0.1) is 11.3 Å². The Bertz CT molecular complexity index is 1000. The van der Waals surface area contributed by atoms with E-state index in [2.05, 4.69) is 27.7 Å². The minimum absolute atomic E-state index is 0.0110. The lowest BCUT2D eigenvalue weighted by atomic mass is 9.75. The lowest BCUT2D eigenvalue weighted by molar-refractivity contribution is -0.140. The number of nitrogens with zero attached hydrogens (tertiary/aromatic N) is 2. The second-order valence-electron chi connectivity index (χ2n) is 11.5. The average Bonchev–Trinajstić information content (AvgIpc) is 3.48. The highest BCUT2D eigenvalue weighted by molar-refractivity contribution is 5.90. The van der Waals surface area contributed by atoms with Crippen molar-refractivity contribution in [2.45, 2.75) is 63.5 Å². The van der Waals surface area contributed by atoms with Gasteiger partial charge in [0.05, 0.1) is 12.0 Å². The van der Waals surface area contributed by atoms with Crippen LogP contribution in [0.3, 0.4) is 0 Å². The Labute approximate surface area is 226 Å². The van der Waals surface area contributed by atoms with E-state index in [0.29, 0.717) is 45.4 Å². The summed E-state index contributed by atoms with van der Waals surface area (Å²) >= 11 is 0. The molecule has 3 fully saturated rings. The van der Waals surface area contributed by atoms with Crippen molar-refractivity contribution in [2.75, 3.05) is 45.9 Å². The predicted octanol–water partition coefficient (Wildman–Crippen LogP) is 2.29. The number of carbonyl (C=O) groups excluding carboxylic acids is 3. The maximum absolute atomic E-state index is 13.7. The number of fused-ring (bicyclic) bond motifs is 1. The normalized spacial score (nSPS) is 29.5. The number of likely N-dealkylation sites (tertiary alicyclic amines) is 2. The van der Waals surface area contributed by atoms with Crippen molar-refractivity contribution in [1.29, 1.82) is 0 Å². The first-order valence-corrected chi connectivity index (χ1v) is 14.4. The van der Waals surface area contributed by atoms with Crippen LogP contribution in [0.4, 0.5) is 0 Å². The Morgan fingerprint density at radius 2 is 1.76 bits per heavy atom. The summed E-state index contributed by atoms with van der Waals surface area (Å²) in [6.07, 6.45) is 10.6. The number of hydrogen-bond donors (Lipinski definition) is 2. The summed E-state index contributed by atoms with van der Waals surface area (Å²) in [4.78, 5) is 44.4. The molecule has 8 nitrogen and oxygen atoms in total. The van der Waals surface area contributed by atoms with Crippen LogP contribution in [0.1, 0.15) is 50.5 Å². The van der Waals surface area contributed by atoms with Gasteiger partial charge in [0.25, 0.3) is 0 Å². The molecular formula is C30H42N4O4. The van der Waals surface area contributed by atoms with Gasteiger partial charge in [-0.05, 0) is 56.4 Å². The molecule has 3 amide bonds. The summed E-state index contributed by atoms with van der Waals surface area (Å²) in [7, 11) is 0. The maximum Gasteiger partial charge on any atom is 0.243 e. The Morgan fingerprint density at radius 1 is 1.00 bits per heavy atom. The van der Waals surface area contributed by atoms with Crippen molar-refractivity contribution in [3.05, 3.63) is 48.0 Å². The minimum Gasteiger partial charge on any atom is -0.381 e. The molecule has 8 heteroatoms. The van der Waals surface area contributed by atoms with Gasteiger partial charge in [-0.2, -0.15) is 0 Å². The zero-order chi connectivity index (χ0) is 26.4. The van der Waals surface area contributed by atoms with Crippen molar-refractivity contribution in [1.82, 2.24) is 20.4 Å². The first kappa shape index (κ1) is 26.9. The van der Waals surface area contributed by atoms with Gasteiger partial charge in [0.15, 0.2) is 0 Å². The summed E-state index contributed by atoms with van der Waals surface area (Å²) in [6, 6.07) is 9.26. The van der Waals surface area contributed by atoms with Gasteiger partial charge in [-0.15, -0.1) is 0 Å². The quantitative estimate of drug-likeness (QED) is 0.593. The maximum atomic E-state index is 13.7. The largest absolute Gasteiger partial charge is 0.381 e. The first-order chi connectivity index (χ1) is 18.5. The van der Waals surface area contributed by atoms with Crippen LogP contribution in [0.2, 0.25) is 0 Å². The monoisotopic (exact) mass is 522 g/mol. The van der Waals surface area contributed by atoms with E-state index in [1.807, 2.05) is 35.2 Å². The number of piperidine rings is 1. The number of rotatable bonds is 4. The van der Waals surface area contributed by atoms with Gasteiger partial charge >= 0.3 is 0 Å². The van der Waals surface area contributed by atoms with Gasteiger partial charge < -0.3 is 20.3 Å². The number of carbonyl (C=O) groups is 3. The lowest BCUT2D eigenvalue weighted by Gasteiger charge is -2.40. The fraction of sp³-hybridized carbons (Fsp3) is 0.633. The summed E-state index contributed by atoms with van der Waals surface area (Å²) in [6.45, 7) is 4.88. The Morgan fingerprint density at radius 3 is 2.53 bits per heavy atom. The topological polar surface area (TPSA) is 91.0 Å². The molecule has 3 saturated heterocycles. The van der Waals surface area contributed by atoms with Crippen molar-refractivity contribution >= 4 is 17.7 Å². The molecule has 4 aliphatic rings. The molecule has 38 heavy (non-hydrogen) atoms. The summed E-state index contributed by atoms with van der Waals surface area (Å²) in [5.41, 5.74) is 0.469. The molecule has 0 radical (unpaired) electrons. The van der Waals surface area contributed by atoms with Crippen LogP contribution in [-0.4, -0.2) is 85.5 Å². The lowest BCUT2D eigenvalue weighted by Crippen LogP contribution is -2.58. The Balaban J connectivity index is 1.34. The number of amides is 3. The Hall–Kier alpha value is -2.71. The van der Waals surface area contributed by atoms with E-state index < -0.39 is 11.5 Å². The van der Waals surface area contributed by atoms with Crippen molar-refractivity contribution in [2.24, 2.45) is 11.3 Å². The van der Waals surface area contributed by atoms with Crippen LogP contribution in [0.15, 0.2) is 42.5 Å². The predicted molar refractivity (Wildman–Crippen MR) is 145 cm³/mol. The number of hydrogen-bond acceptors (Lipinski definition) is 5. The highest BCUT2D eigenvalue weighted by Gasteiger charge is 2.41. The smallest absolute Gasteiger partial charge is 0.243 e. The molecule has 206 valence electrons. The summed E-state index contributed by atoms with van der Waals surface area (Å²) in [5.74, 6) is 0.272. The highest BCUT2D eigenvalue weighted by Crippen LogP contribution is 2.36. The molecule has 2 N–H and O–H groups in total. The van der Waals surface area contributed by atoms with E-state index in [4.69, 9.17) is 4.74 Å². The number of ether oxygens (including phenoxy) is 1. The summed E-state index contributed by atoms with van der Waals surface area (Å²) in [5, 5.41) is 6.47. The highest BCUT2D eigenvalue weighted by atomic mass is 16.5. The van der Waals surface area contributed by atoms with Crippen LogP contribution in [0.5, 0.6) is 0 Å². The van der Waals surface area contributed by atoms with Gasteiger partial charge in [-0.25, -0.2) is 0 Å². The Kier molecular flexibility index (Phi) is 8.79. The molecule has 5 rings (SSSR count). The molecule has 0 aromatic heterocycles. The van der Waals surface area contributed by atoms with Crippen LogP contribution < -0.4 is 10.6 Å². The molecule has 0 aliphatic carbocycles. The zero-order valence-corrected chi connectivity index (χ0v) is 22.4. The third-order valence-corrected chi connectivity index (χ3v) is 8.91. The minimum atomic E-state index is -0.636. The molecular weight excluding hydrogens is 480 g/mol. The van der Waals surface area contributed by atoms with Crippen molar-refractivity contribution in [3.8, 4) is 0 Å². The van der Waals surface area contributed by atoms with Gasteiger partial charge in [0, 0.05) is 51.9 Å². The van der Waals surface area contributed by atoms with Crippen LogP contribution in [0.25, 0.3) is 0 Å². The summed E-state index contributed by atoms with van der Waals surface area (Å²) < 4.78 is 5.59. The van der Waals surface area contributed by atoms with Gasteiger partial charge in [0.2, 0.25) is 17.7 Å². The van der Waals surface area contributed by atoms with Gasteiger partial charge in [-0.3, -0.25) is 19.3 Å². The van der Waals surface area contributed by atoms with E-state index in [0.717, 1.165) is 57.4 Å². The molecule has 1 spiro atoms. The number of nitrogens with one attached hydrogen (secondary N) is 2. The molecule has 0 bridgehead atoms. The third kappa shape index (κ3) is 6.46. The molecule has 0 saturated carbocycles. The van der Waals surface area contributed by atoms with Gasteiger partial charge in [0.1, 0.15) is 6.04 Å².